The van der Waals surface area contributed by atoms with E-state index in [1.165, 1.54) is 5.56 Å². The normalized spacial score (nSPS) is 12.2. The minimum atomic E-state index is -0.0848. The number of nitrogens with two attached hydrogens (primary N) is 1. The number of ether oxygens (including phenoxy) is 1. The van der Waals surface area contributed by atoms with Gasteiger partial charge in [0.25, 0.3) is 0 Å². The van der Waals surface area contributed by atoms with Crippen LogP contribution >= 0.6 is 0 Å². The Balaban J connectivity index is 2.29. The van der Waals surface area contributed by atoms with Crippen molar-refractivity contribution in [3.63, 3.8) is 0 Å². The van der Waals surface area contributed by atoms with Gasteiger partial charge < -0.3 is 10.5 Å². The summed E-state index contributed by atoms with van der Waals surface area (Å²) in [4.78, 5) is 4.12. The predicted molar refractivity (Wildman–Crippen MR) is 77.3 cm³/mol. The molecule has 0 amide bonds. The third-order valence-corrected chi connectivity index (χ3v) is 3.49. The number of pyridine rings is 1. The summed E-state index contributed by atoms with van der Waals surface area (Å²) in [7, 11) is 1.70. The fourth-order valence-corrected chi connectivity index (χ4v) is 2.26. The van der Waals surface area contributed by atoms with Crippen LogP contribution < -0.4 is 10.5 Å². The fourth-order valence-electron chi connectivity index (χ4n) is 2.26. The van der Waals surface area contributed by atoms with E-state index in [2.05, 4.69) is 31.0 Å². The Labute approximate surface area is 114 Å². The minimum Gasteiger partial charge on any atom is -0.496 e. The highest BCUT2D eigenvalue weighted by molar-refractivity contribution is 5.47. The van der Waals surface area contributed by atoms with Gasteiger partial charge in [0, 0.05) is 24.0 Å². The smallest absolute Gasteiger partial charge is 0.126 e. The molecule has 1 heterocycles. The van der Waals surface area contributed by atoms with Crippen LogP contribution in [0.2, 0.25) is 0 Å². The summed E-state index contributed by atoms with van der Waals surface area (Å²) < 4.78 is 5.52. The molecule has 0 radical (unpaired) electrons. The van der Waals surface area contributed by atoms with Gasteiger partial charge in [-0.1, -0.05) is 18.2 Å². The number of benzene rings is 1. The van der Waals surface area contributed by atoms with Crippen molar-refractivity contribution in [1.29, 1.82) is 0 Å². The van der Waals surface area contributed by atoms with E-state index in [1.807, 2.05) is 18.3 Å². The monoisotopic (exact) mass is 256 g/mol. The predicted octanol–water partition coefficient (Wildman–Crippen LogP) is 2.95. The Morgan fingerprint density at radius 2 is 2.05 bits per heavy atom. The first-order chi connectivity index (χ1) is 9.13. The average molecular weight is 256 g/mol. The lowest BCUT2D eigenvalue weighted by Gasteiger charge is -2.18. The van der Waals surface area contributed by atoms with Gasteiger partial charge >= 0.3 is 0 Å². The molecule has 2 aromatic rings. The van der Waals surface area contributed by atoms with Crippen LogP contribution in [0.25, 0.3) is 0 Å². The van der Waals surface area contributed by atoms with E-state index in [0.717, 1.165) is 28.9 Å². The number of aryl methyl sites for hydroxylation is 1. The second kappa shape index (κ2) is 5.85. The van der Waals surface area contributed by atoms with Crippen molar-refractivity contribution in [2.45, 2.75) is 26.3 Å². The quantitative estimate of drug-likeness (QED) is 0.915. The lowest BCUT2D eigenvalue weighted by atomic mass is 9.96. The standard InChI is InChI=1S/C16H20N2O/c1-11-6-7-14(16(19-3)12(11)2)15(17)9-13-5-4-8-18-10-13/h4-8,10,15H,9,17H2,1-3H3. The molecule has 0 aliphatic carbocycles. The Hall–Kier alpha value is -1.87. The van der Waals surface area contributed by atoms with E-state index >= 15 is 0 Å². The zero-order valence-corrected chi connectivity index (χ0v) is 11.7. The van der Waals surface area contributed by atoms with Crippen LogP contribution in [0, 0.1) is 13.8 Å². The Morgan fingerprint density at radius 1 is 1.26 bits per heavy atom. The molecule has 1 aromatic carbocycles. The van der Waals surface area contributed by atoms with Gasteiger partial charge in [-0.05, 0) is 43.0 Å². The SMILES string of the molecule is COc1c(C(N)Cc2cccnc2)ccc(C)c1C. The van der Waals surface area contributed by atoms with Crippen LogP contribution in [0.1, 0.15) is 28.3 Å². The van der Waals surface area contributed by atoms with E-state index in [9.17, 15) is 0 Å². The first-order valence-electron chi connectivity index (χ1n) is 6.42. The highest BCUT2D eigenvalue weighted by Gasteiger charge is 2.15. The van der Waals surface area contributed by atoms with E-state index in [4.69, 9.17) is 10.5 Å². The molecule has 0 saturated carbocycles. The van der Waals surface area contributed by atoms with Crippen molar-refractivity contribution in [3.05, 3.63) is 58.9 Å². The van der Waals surface area contributed by atoms with Crippen molar-refractivity contribution in [2.24, 2.45) is 5.73 Å². The molecule has 2 N–H and O–H groups in total. The van der Waals surface area contributed by atoms with Crippen molar-refractivity contribution >= 4 is 0 Å². The molecule has 0 fully saturated rings. The molecule has 0 spiro atoms. The second-order valence-electron chi connectivity index (χ2n) is 4.80. The number of rotatable bonds is 4. The summed E-state index contributed by atoms with van der Waals surface area (Å²) in [5.74, 6) is 0.899. The van der Waals surface area contributed by atoms with Crippen molar-refractivity contribution < 1.29 is 4.74 Å². The molecule has 0 bridgehead atoms. The Kier molecular flexibility index (Phi) is 4.17. The lowest BCUT2D eigenvalue weighted by molar-refractivity contribution is 0.402. The van der Waals surface area contributed by atoms with Crippen molar-refractivity contribution in [3.8, 4) is 5.75 Å². The van der Waals surface area contributed by atoms with Gasteiger partial charge in [-0.3, -0.25) is 4.98 Å². The summed E-state index contributed by atoms with van der Waals surface area (Å²) in [5, 5.41) is 0. The molecule has 1 atom stereocenters. The molecule has 0 aliphatic rings. The topological polar surface area (TPSA) is 48.1 Å². The van der Waals surface area contributed by atoms with E-state index in [0.29, 0.717) is 0 Å². The summed E-state index contributed by atoms with van der Waals surface area (Å²) in [6.07, 6.45) is 4.38. The molecular weight excluding hydrogens is 236 g/mol. The fraction of sp³-hybridized carbons (Fsp3) is 0.312. The molecule has 0 saturated heterocycles. The van der Waals surface area contributed by atoms with Gasteiger partial charge in [0.05, 0.1) is 7.11 Å². The van der Waals surface area contributed by atoms with E-state index in [1.54, 1.807) is 13.3 Å². The van der Waals surface area contributed by atoms with Crippen LogP contribution in [0.4, 0.5) is 0 Å². The first-order valence-corrected chi connectivity index (χ1v) is 6.42. The summed E-state index contributed by atoms with van der Waals surface area (Å²) in [6, 6.07) is 8.04. The summed E-state index contributed by atoms with van der Waals surface area (Å²) >= 11 is 0. The largest absolute Gasteiger partial charge is 0.496 e. The molecule has 2 rings (SSSR count). The molecule has 100 valence electrons. The Morgan fingerprint density at radius 3 is 2.68 bits per heavy atom. The number of methoxy groups -OCH3 is 1. The average Bonchev–Trinajstić information content (AvgIpc) is 2.42. The number of hydrogen-bond donors (Lipinski definition) is 1. The number of aromatic nitrogens is 1. The van der Waals surface area contributed by atoms with E-state index in [-0.39, 0.29) is 6.04 Å². The molecule has 1 aromatic heterocycles. The number of nitrogens with zero attached hydrogens (tertiary/aromatic N) is 1. The van der Waals surface area contributed by atoms with Crippen molar-refractivity contribution in [2.75, 3.05) is 7.11 Å². The van der Waals surface area contributed by atoms with Crippen LogP contribution in [-0.2, 0) is 6.42 Å². The molecule has 3 heteroatoms. The Bertz CT molecular complexity index is 552. The maximum Gasteiger partial charge on any atom is 0.126 e. The van der Waals surface area contributed by atoms with Crippen LogP contribution in [0.15, 0.2) is 36.7 Å². The zero-order chi connectivity index (χ0) is 13.8. The maximum absolute atomic E-state index is 6.31. The van der Waals surface area contributed by atoms with Gasteiger partial charge in [0.2, 0.25) is 0 Å². The van der Waals surface area contributed by atoms with Crippen LogP contribution in [0.5, 0.6) is 5.75 Å². The van der Waals surface area contributed by atoms with Gasteiger partial charge in [0.1, 0.15) is 5.75 Å². The second-order valence-corrected chi connectivity index (χ2v) is 4.80. The van der Waals surface area contributed by atoms with Crippen molar-refractivity contribution in [1.82, 2.24) is 4.98 Å². The maximum atomic E-state index is 6.31. The first kappa shape index (κ1) is 13.6. The van der Waals surface area contributed by atoms with E-state index < -0.39 is 0 Å². The molecule has 3 nitrogen and oxygen atoms in total. The third-order valence-electron chi connectivity index (χ3n) is 3.49. The van der Waals surface area contributed by atoms with Crippen LogP contribution in [0.3, 0.4) is 0 Å². The summed E-state index contributed by atoms with van der Waals surface area (Å²) in [5.41, 5.74) is 10.9. The zero-order valence-electron chi connectivity index (χ0n) is 11.7. The highest BCUT2D eigenvalue weighted by Crippen LogP contribution is 2.31. The van der Waals surface area contributed by atoms with Crippen LogP contribution in [-0.4, -0.2) is 12.1 Å². The molecule has 1 unspecified atom stereocenters. The highest BCUT2D eigenvalue weighted by atomic mass is 16.5. The number of hydrogen-bond acceptors (Lipinski definition) is 3. The summed E-state index contributed by atoms with van der Waals surface area (Å²) in [6.45, 7) is 4.14. The molecule has 0 aliphatic heterocycles. The lowest BCUT2D eigenvalue weighted by Crippen LogP contribution is -2.15. The third kappa shape index (κ3) is 2.93. The molecule has 19 heavy (non-hydrogen) atoms. The minimum absolute atomic E-state index is 0.0848. The van der Waals surface area contributed by atoms with Gasteiger partial charge in [-0.2, -0.15) is 0 Å². The van der Waals surface area contributed by atoms with Gasteiger partial charge in [0.15, 0.2) is 0 Å². The van der Waals surface area contributed by atoms with Gasteiger partial charge in [-0.25, -0.2) is 0 Å². The van der Waals surface area contributed by atoms with Gasteiger partial charge in [-0.15, -0.1) is 0 Å². The molecular formula is C16H20N2O.